The van der Waals surface area contributed by atoms with E-state index in [0.717, 1.165) is 83.8 Å². The van der Waals surface area contributed by atoms with E-state index in [1.165, 1.54) is 18.9 Å². The van der Waals surface area contributed by atoms with E-state index in [4.69, 9.17) is 101 Å². The minimum atomic E-state index is -3.22. The van der Waals surface area contributed by atoms with Crippen LogP contribution in [0.3, 0.4) is 0 Å². The zero-order chi connectivity index (χ0) is 88.8. The molecular formula is C76H78Br5Cl9N17O10PS2. The van der Waals surface area contributed by atoms with E-state index >= 15 is 0 Å². The number of thioether (sulfide) groups is 1. The molecule has 44 heteroatoms. The van der Waals surface area contributed by atoms with E-state index in [1.54, 1.807) is 66.5 Å². The number of nitrogens with two attached hydrogens (primary N) is 2. The number of rotatable bonds is 17. The number of alkyl halides is 3. The number of halogens is 14. The number of esters is 1. The van der Waals surface area contributed by atoms with Crippen LogP contribution in [0, 0.1) is 44.3 Å². The highest BCUT2D eigenvalue weighted by Gasteiger charge is 2.21. The summed E-state index contributed by atoms with van der Waals surface area (Å²) in [5.74, 6) is 11.6. The van der Waals surface area contributed by atoms with Crippen LogP contribution >= 0.6 is 212 Å². The summed E-state index contributed by atoms with van der Waals surface area (Å²) in [5.41, 5.74) is 14.4. The highest BCUT2D eigenvalue weighted by atomic mass is 79.9. The van der Waals surface area contributed by atoms with Gasteiger partial charge < -0.3 is 18.9 Å². The van der Waals surface area contributed by atoms with Gasteiger partial charge in [0.15, 0.2) is 27.4 Å². The third kappa shape index (κ3) is 34.6. The number of para-hydroxylation sites is 2. The molecular weight excluding hydrogens is 2120 g/mol. The molecule has 642 valence electrons. The van der Waals surface area contributed by atoms with Gasteiger partial charge in [0.1, 0.15) is 5.88 Å². The number of ether oxygens (including phenoxy) is 1. The predicted molar refractivity (Wildman–Crippen MR) is 507 cm³/mol. The van der Waals surface area contributed by atoms with Gasteiger partial charge in [-0.3, -0.25) is 59.2 Å². The lowest BCUT2D eigenvalue weighted by Gasteiger charge is -2.11. The van der Waals surface area contributed by atoms with E-state index in [2.05, 4.69) is 185 Å². The average Bonchev–Trinajstić information content (AvgIpc) is 1.63. The summed E-state index contributed by atoms with van der Waals surface area (Å²) in [4.78, 5) is 70.4. The van der Waals surface area contributed by atoms with Crippen LogP contribution in [0.25, 0.3) is 57.1 Å². The van der Waals surface area contributed by atoms with Crippen molar-refractivity contribution in [2.24, 2.45) is 17.0 Å². The average molecular weight is 2200 g/mol. The van der Waals surface area contributed by atoms with Gasteiger partial charge in [-0.2, -0.15) is 5.10 Å². The second-order valence-electron chi connectivity index (χ2n) is 23.3. The Balaban J connectivity index is 0. The highest BCUT2D eigenvalue weighted by Crippen LogP contribution is 2.61. The van der Waals surface area contributed by atoms with E-state index in [-0.39, 0.29) is 56.3 Å². The van der Waals surface area contributed by atoms with Crippen molar-refractivity contribution < 1.29 is 50.7 Å². The number of hydrogen-bond acceptors (Lipinski definition) is 23. The maximum Gasteiger partial charge on any atom is 0.339 e. The van der Waals surface area contributed by atoms with E-state index in [0.29, 0.717) is 77.6 Å². The first-order valence-corrected chi connectivity index (χ1v) is 46.1. The summed E-state index contributed by atoms with van der Waals surface area (Å²) >= 11 is 70.8. The van der Waals surface area contributed by atoms with Gasteiger partial charge in [-0.1, -0.05) is 169 Å². The molecule has 0 spiro atoms. The van der Waals surface area contributed by atoms with Crippen molar-refractivity contribution in [1.29, 1.82) is 0 Å². The van der Waals surface area contributed by atoms with E-state index in [1.807, 2.05) is 171 Å². The van der Waals surface area contributed by atoms with Crippen LogP contribution in [0.1, 0.15) is 79.2 Å². The van der Waals surface area contributed by atoms with Gasteiger partial charge in [0.25, 0.3) is 11.8 Å². The molecule has 0 radical (unpaired) electrons. The Morgan fingerprint density at radius 1 is 0.567 bits per heavy atom. The second-order valence-corrected chi connectivity index (χ2v) is 37.5. The topological polar surface area (TPSA) is 385 Å². The van der Waals surface area contributed by atoms with Crippen LogP contribution in [-0.2, 0) is 30.5 Å². The molecule has 120 heavy (non-hydrogen) atoms. The molecule has 2 amide bonds. The monoisotopic (exact) mass is 2190 g/mol. The number of aryl methyl sites for hydroxylation is 5. The summed E-state index contributed by atoms with van der Waals surface area (Å²) in [6, 6.07) is 50.4. The van der Waals surface area contributed by atoms with Gasteiger partial charge in [0.2, 0.25) is 28.8 Å². The molecule has 0 aliphatic heterocycles. The van der Waals surface area contributed by atoms with Crippen LogP contribution in [0.5, 0.6) is 0 Å². The number of pyridine rings is 2. The quantitative estimate of drug-likeness (QED) is 0.00540. The van der Waals surface area contributed by atoms with Crippen molar-refractivity contribution in [2.45, 2.75) is 51.4 Å². The lowest BCUT2D eigenvalue weighted by molar-refractivity contribution is -0.115. The lowest BCUT2D eigenvalue weighted by atomic mass is 10.1. The summed E-state index contributed by atoms with van der Waals surface area (Å²) in [6.45, 7) is 9.86. The number of methoxy groups -OCH3 is 1. The fourth-order valence-corrected chi connectivity index (χ4v) is 12.4. The molecule has 6 heterocycles. The van der Waals surface area contributed by atoms with Crippen LogP contribution < -0.4 is 22.4 Å². The third-order valence-corrected chi connectivity index (χ3v) is 22.0. The van der Waals surface area contributed by atoms with Gasteiger partial charge in [0, 0.05) is 94.4 Å². The molecule has 0 aliphatic carbocycles. The molecule has 0 fully saturated rings. The zero-order valence-electron chi connectivity index (χ0n) is 63.1. The smallest absolute Gasteiger partial charge is 0.339 e. The van der Waals surface area contributed by atoms with Crippen LogP contribution in [-0.4, -0.2) is 114 Å². The number of nitrogens with one attached hydrogen (secondary N) is 3. The number of amides is 2. The standard InChI is InChI=1S/C23H16BrClN6OS.C13H9ClN4S.C11H11BrClNO2.C10H8BrClN2O.C9H9BrO2.C8H9BrN2O.C2H2Cl2O.Cl3OP.H2N2O.6H2/c1-14-6-7-16(12-17(14)24)22-29-27-20(32-22)13-33-23-30-28-21(15-8-10-26-11-9-15)31(23)19-5-3-2-4-18(19)25;14-10-3-1-2-4-11(10)18-12(16-17-13(18)19)9-5-7-15-8-6-9;1-7-2-3-8(4-10(7)12)11(16)14-6-9(15)5-13;1-6-2-3-7(4-8(6)11)10-14-13-9(5-12)15-10;1-6-3-4-7(5-8(6)10)9(11)12-2;1-5-2-3-6(4-7(5)9)8(12)11-10;3-1-2(4)5;1-5(2,3)4;1-2-3;;;;;;/h2-12H,13H2,1H3;1-8H,(H,17,19);2-4H,5-6H2,1H3,(H,14,16);2-4H,5H2,1H3;3-5H,1-2H3;2-4H,10H2,1H3,(H,11,12);1H2;;(H2,1,3);6*1H. The molecule has 13 aromatic rings. The van der Waals surface area contributed by atoms with E-state index in [9.17, 15) is 28.5 Å². The van der Waals surface area contributed by atoms with Gasteiger partial charge >= 0.3 is 11.2 Å². The second kappa shape index (κ2) is 53.4. The Morgan fingerprint density at radius 2 is 0.967 bits per heavy atom. The first kappa shape index (κ1) is 103. The zero-order valence-corrected chi connectivity index (χ0v) is 80.4. The summed E-state index contributed by atoms with van der Waals surface area (Å²) < 4.78 is 34.3. The highest BCUT2D eigenvalue weighted by molar-refractivity contribution is 9.11. The number of benzene rings is 7. The normalized spacial score (nSPS) is 10.2. The number of H-pyrrole nitrogens is 1. The van der Waals surface area contributed by atoms with Gasteiger partial charge in [-0.05, 0) is 229 Å². The molecule has 0 unspecified atom stereocenters. The number of hydrazine groups is 1. The summed E-state index contributed by atoms with van der Waals surface area (Å²) in [7, 11) is 1.37. The molecule has 7 N–H and O–H groups in total. The minimum Gasteiger partial charge on any atom is -0.465 e. The Hall–Kier alpha value is -7.68. The van der Waals surface area contributed by atoms with Gasteiger partial charge in [-0.15, -0.1) is 70.3 Å². The Bertz CT molecular complexity index is 5670. The fourth-order valence-electron chi connectivity index (χ4n) is 8.90. The molecule has 6 aromatic heterocycles. The molecule has 7 aromatic carbocycles. The summed E-state index contributed by atoms with van der Waals surface area (Å²) in [6.07, 6.45) is 6.86. The predicted octanol–water partition coefficient (Wildman–Crippen LogP) is 24.7. The maximum absolute atomic E-state index is 11.6. The minimum absolute atomic E-state index is 0. The lowest BCUT2D eigenvalue weighted by Crippen LogP contribution is -2.30. The van der Waals surface area contributed by atoms with E-state index < -0.39 is 10.4 Å². The number of Topliss-reactive ketones (excluding diaryl/α,β-unsaturated/α-hetero) is 1. The van der Waals surface area contributed by atoms with Crippen molar-refractivity contribution in [2.75, 3.05) is 25.4 Å². The maximum atomic E-state index is 11.6. The van der Waals surface area contributed by atoms with Gasteiger partial charge in [0.05, 0.1) is 58.2 Å². The molecule has 0 atom stereocenters. The van der Waals surface area contributed by atoms with Crippen LogP contribution in [0.4, 0.5) is 0 Å². The molecule has 0 bridgehead atoms. The Kier molecular flexibility index (Phi) is 45.8. The van der Waals surface area contributed by atoms with Crippen molar-refractivity contribution >= 4 is 241 Å². The number of nitrogen functional groups attached to an aromatic ring is 1. The molecule has 0 saturated carbocycles. The molecule has 0 saturated heterocycles. The number of hydrogen-bond donors (Lipinski definition) is 5. The number of ketones is 1. The molecule has 0 aliphatic rings. The Morgan fingerprint density at radius 3 is 1.38 bits per heavy atom. The molecule has 27 nitrogen and oxygen atoms in total. The van der Waals surface area contributed by atoms with Crippen molar-refractivity contribution in [1.82, 2.24) is 70.6 Å². The number of carbonyl (C=O) groups is 5. The number of nitroso groups, excluding NO2 is 1. The summed E-state index contributed by atoms with van der Waals surface area (Å²) in [5, 5.41) is 34.4. The van der Waals surface area contributed by atoms with Gasteiger partial charge in [-0.25, -0.2) is 10.6 Å². The number of carbonyl (C=O) groups excluding carboxylic acids is 5. The number of nitrogens with zero attached hydrogens (tertiary/aromatic N) is 12. The van der Waals surface area contributed by atoms with Crippen molar-refractivity contribution in [3.05, 3.63) is 287 Å². The molecule has 13 rings (SSSR count). The third-order valence-electron chi connectivity index (χ3n) is 14.9. The van der Waals surface area contributed by atoms with Crippen molar-refractivity contribution in [3.8, 4) is 57.1 Å². The fraction of sp³-hybridized carbons (Fsp3) is 0.145. The van der Waals surface area contributed by atoms with Crippen LogP contribution in [0.15, 0.2) is 230 Å². The van der Waals surface area contributed by atoms with Crippen molar-refractivity contribution in [3.63, 3.8) is 0 Å². The first-order valence-electron chi connectivity index (χ1n) is 33.6. The van der Waals surface area contributed by atoms with Crippen LogP contribution in [0.2, 0.25) is 10.0 Å². The first-order chi connectivity index (χ1) is 57.1. The number of aromatic nitrogens is 12. The number of aromatic amines is 1. The Labute approximate surface area is 792 Å². The largest absolute Gasteiger partial charge is 0.465 e. The SMILES string of the molecule is COC(=O)c1ccc(C)c(Br)c1.Cc1ccc(-c2nnc(CCl)o2)cc1Br.Cc1ccc(-c2nnc(CSc3nnc(-c4ccncc4)n3-c3ccccc3Cl)o2)cc1Br.Cc1ccc(C(=O)NCC(=O)CCl)cc1Br.Cc1ccc(C(=O)NN)cc1Br.NN=O.O=C(Cl)CCl.O=P(Cl)(Cl)Cl.S=c1[nH]nc(-c2ccncc2)n1-c1ccccc1Cl.[HH].[HH].[HH].[HH].[HH].[HH].